The molecule has 5 heteroatoms. The number of hydrogen-bond donors (Lipinski definition) is 1. The van der Waals surface area contributed by atoms with Gasteiger partial charge in [0.25, 0.3) is 0 Å². The molecule has 0 aliphatic carbocycles. The van der Waals surface area contributed by atoms with Gasteiger partial charge in [-0.3, -0.25) is 19.8 Å². The van der Waals surface area contributed by atoms with Crippen LogP contribution in [0.5, 0.6) is 0 Å². The summed E-state index contributed by atoms with van der Waals surface area (Å²) in [5.41, 5.74) is 4.52. The van der Waals surface area contributed by atoms with Crippen molar-refractivity contribution in [2.45, 2.75) is 32.5 Å². The van der Waals surface area contributed by atoms with Gasteiger partial charge in [0.15, 0.2) is 0 Å². The summed E-state index contributed by atoms with van der Waals surface area (Å²) < 4.78 is 0. The lowest BCUT2D eigenvalue weighted by atomic mass is 10.1. The molecule has 1 aliphatic heterocycles. The van der Waals surface area contributed by atoms with Gasteiger partial charge in [0, 0.05) is 62.6 Å². The van der Waals surface area contributed by atoms with Crippen LogP contribution in [0.25, 0.3) is 10.9 Å². The van der Waals surface area contributed by atoms with Gasteiger partial charge in [-0.05, 0) is 49.2 Å². The summed E-state index contributed by atoms with van der Waals surface area (Å²) in [5, 5.41) is 10.8. The minimum Gasteiger partial charge on any atom is -0.396 e. The molecule has 0 spiro atoms. The number of rotatable bonds is 6. The highest BCUT2D eigenvalue weighted by molar-refractivity contribution is 5.78. The molecule has 0 amide bonds. The highest BCUT2D eigenvalue weighted by Crippen LogP contribution is 2.20. The van der Waals surface area contributed by atoms with E-state index in [1.165, 1.54) is 10.9 Å². The van der Waals surface area contributed by atoms with Crippen LogP contribution in [0.2, 0.25) is 0 Å². The van der Waals surface area contributed by atoms with Crippen LogP contribution >= 0.6 is 0 Å². The number of pyridine rings is 2. The standard InChI is InChI=1S/C23H28N4O/c1-18-4-2-6-21(25-18)16-27-12-11-26(17-22(27)9-13-28)15-19-7-8-23-20(14-19)5-3-10-24-23/h2-8,10,14,22,28H,9,11-13,15-17H2,1H3. The van der Waals surface area contributed by atoms with Crippen LogP contribution in [-0.4, -0.2) is 57.2 Å². The zero-order valence-corrected chi connectivity index (χ0v) is 16.5. The predicted molar refractivity (Wildman–Crippen MR) is 112 cm³/mol. The van der Waals surface area contributed by atoms with Crippen molar-refractivity contribution >= 4 is 10.9 Å². The molecule has 0 saturated carbocycles. The Kier molecular flexibility index (Phi) is 5.95. The van der Waals surface area contributed by atoms with Gasteiger partial charge in [0.05, 0.1) is 11.2 Å². The minimum absolute atomic E-state index is 0.220. The van der Waals surface area contributed by atoms with Crippen LogP contribution < -0.4 is 0 Å². The Morgan fingerprint density at radius 1 is 1.07 bits per heavy atom. The average molecular weight is 377 g/mol. The minimum atomic E-state index is 0.220. The van der Waals surface area contributed by atoms with Crippen LogP contribution in [0.4, 0.5) is 0 Å². The van der Waals surface area contributed by atoms with E-state index in [9.17, 15) is 5.11 Å². The van der Waals surface area contributed by atoms with Gasteiger partial charge >= 0.3 is 0 Å². The van der Waals surface area contributed by atoms with E-state index >= 15 is 0 Å². The lowest BCUT2D eigenvalue weighted by Gasteiger charge is -2.41. The Balaban J connectivity index is 1.43. The Morgan fingerprint density at radius 2 is 2.00 bits per heavy atom. The quantitative estimate of drug-likeness (QED) is 0.717. The third kappa shape index (κ3) is 4.55. The summed E-state index contributed by atoms with van der Waals surface area (Å²) in [7, 11) is 0. The molecule has 146 valence electrons. The number of hydrogen-bond acceptors (Lipinski definition) is 5. The normalized spacial score (nSPS) is 18.6. The van der Waals surface area contributed by atoms with E-state index in [2.05, 4.69) is 56.2 Å². The lowest BCUT2D eigenvalue weighted by Crippen LogP contribution is -2.52. The van der Waals surface area contributed by atoms with E-state index in [1.807, 2.05) is 25.3 Å². The van der Waals surface area contributed by atoms with Gasteiger partial charge in [-0.2, -0.15) is 0 Å². The summed E-state index contributed by atoms with van der Waals surface area (Å²) in [6.07, 6.45) is 2.63. The second-order valence-corrected chi connectivity index (χ2v) is 7.67. The van der Waals surface area contributed by atoms with Crippen molar-refractivity contribution < 1.29 is 5.11 Å². The summed E-state index contributed by atoms with van der Waals surface area (Å²) in [6, 6.07) is 17.2. The molecule has 2 aromatic heterocycles. The number of fused-ring (bicyclic) bond motifs is 1. The average Bonchev–Trinajstić information content (AvgIpc) is 2.70. The molecule has 28 heavy (non-hydrogen) atoms. The number of aromatic nitrogens is 2. The van der Waals surface area contributed by atoms with E-state index in [0.29, 0.717) is 6.04 Å². The van der Waals surface area contributed by atoms with Crippen molar-refractivity contribution in [2.75, 3.05) is 26.2 Å². The molecule has 1 unspecified atom stereocenters. The third-order valence-electron chi connectivity index (χ3n) is 5.54. The Hall–Kier alpha value is -2.34. The monoisotopic (exact) mass is 376 g/mol. The number of nitrogens with zero attached hydrogens (tertiary/aromatic N) is 4. The molecular weight excluding hydrogens is 348 g/mol. The smallest absolute Gasteiger partial charge is 0.0702 e. The summed E-state index contributed by atoms with van der Waals surface area (Å²) in [4.78, 5) is 14.0. The van der Waals surface area contributed by atoms with Crippen molar-refractivity contribution in [1.29, 1.82) is 0 Å². The predicted octanol–water partition coefficient (Wildman–Crippen LogP) is 3.01. The molecule has 0 radical (unpaired) electrons. The molecule has 3 aromatic rings. The van der Waals surface area contributed by atoms with Crippen molar-refractivity contribution in [3.63, 3.8) is 0 Å². The van der Waals surface area contributed by atoms with Gasteiger partial charge in [-0.25, -0.2) is 0 Å². The van der Waals surface area contributed by atoms with Gasteiger partial charge in [-0.1, -0.05) is 18.2 Å². The molecule has 0 bridgehead atoms. The summed E-state index contributed by atoms with van der Waals surface area (Å²) in [5.74, 6) is 0. The molecule has 3 heterocycles. The van der Waals surface area contributed by atoms with Crippen LogP contribution in [0.15, 0.2) is 54.7 Å². The zero-order chi connectivity index (χ0) is 19.3. The first-order valence-electron chi connectivity index (χ1n) is 10.0. The fraction of sp³-hybridized carbons (Fsp3) is 0.391. The SMILES string of the molecule is Cc1cccc(CN2CCN(Cc3ccc4ncccc4c3)CC2CCO)n1. The lowest BCUT2D eigenvalue weighted by molar-refractivity contribution is 0.0491. The molecule has 4 rings (SSSR count). The maximum absolute atomic E-state index is 9.57. The molecule has 1 aromatic carbocycles. The number of aliphatic hydroxyl groups excluding tert-OH is 1. The van der Waals surface area contributed by atoms with Crippen LogP contribution in [-0.2, 0) is 13.1 Å². The molecule has 1 fully saturated rings. The number of piperazine rings is 1. The fourth-order valence-corrected chi connectivity index (χ4v) is 4.11. The maximum atomic E-state index is 9.57. The second-order valence-electron chi connectivity index (χ2n) is 7.67. The summed E-state index contributed by atoms with van der Waals surface area (Å²) >= 11 is 0. The van der Waals surface area contributed by atoms with Gasteiger partial charge in [-0.15, -0.1) is 0 Å². The van der Waals surface area contributed by atoms with Crippen LogP contribution in [0.3, 0.4) is 0 Å². The number of benzene rings is 1. The first-order chi connectivity index (χ1) is 13.7. The van der Waals surface area contributed by atoms with Crippen LogP contribution in [0, 0.1) is 6.92 Å². The highest BCUT2D eigenvalue weighted by Gasteiger charge is 2.27. The van der Waals surface area contributed by atoms with Crippen molar-refractivity contribution in [2.24, 2.45) is 0 Å². The zero-order valence-electron chi connectivity index (χ0n) is 16.5. The van der Waals surface area contributed by atoms with E-state index < -0.39 is 0 Å². The first-order valence-corrected chi connectivity index (χ1v) is 10.0. The highest BCUT2D eigenvalue weighted by atomic mass is 16.3. The maximum Gasteiger partial charge on any atom is 0.0702 e. The van der Waals surface area contributed by atoms with E-state index in [1.54, 1.807) is 0 Å². The van der Waals surface area contributed by atoms with Gasteiger partial charge < -0.3 is 5.11 Å². The fourth-order valence-electron chi connectivity index (χ4n) is 4.11. The van der Waals surface area contributed by atoms with E-state index in [-0.39, 0.29) is 6.61 Å². The largest absolute Gasteiger partial charge is 0.396 e. The molecule has 5 nitrogen and oxygen atoms in total. The van der Waals surface area contributed by atoms with E-state index in [0.717, 1.165) is 56.0 Å². The van der Waals surface area contributed by atoms with E-state index in [4.69, 9.17) is 0 Å². The number of aliphatic hydroxyl groups is 1. The Morgan fingerprint density at radius 3 is 2.86 bits per heavy atom. The van der Waals surface area contributed by atoms with Gasteiger partial charge in [0.2, 0.25) is 0 Å². The molecule has 1 N–H and O–H groups in total. The molecular formula is C23H28N4O. The third-order valence-corrected chi connectivity index (χ3v) is 5.54. The van der Waals surface area contributed by atoms with Gasteiger partial charge in [0.1, 0.15) is 0 Å². The topological polar surface area (TPSA) is 52.5 Å². The van der Waals surface area contributed by atoms with Crippen LogP contribution in [0.1, 0.15) is 23.4 Å². The van der Waals surface area contributed by atoms with Crippen molar-refractivity contribution in [3.05, 3.63) is 71.7 Å². The molecule has 1 saturated heterocycles. The first kappa shape index (κ1) is 19.0. The summed E-state index contributed by atoms with van der Waals surface area (Å²) in [6.45, 7) is 7.03. The van der Waals surface area contributed by atoms with Crippen molar-refractivity contribution in [1.82, 2.24) is 19.8 Å². The Bertz CT molecular complexity index is 929. The Labute approximate surface area is 166 Å². The van der Waals surface area contributed by atoms with Crippen molar-refractivity contribution in [3.8, 4) is 0 Å². The second kappa shape index (κ2) is 8.78. The molecule has 1 atom stereocenters. The number of aryl methyl sites for hydroxylation is 1. The molecule has 1 aliphatic rings.